The molecule has 114 valence electrons. The number of nitrogens with zero attached hydrogens (tertiary/aromatic N) is 3. The van der Waals surface area contributed by atoms with Crippen molar-refractivity contribution in [1.82, 2.24) is 26.4 Å². The second-order valence-electron chi connectivity index (χ2n) is 5.38. The third-order valence-electron chi connectivity index (χ3n) is 4.00. The predicted molar refractivity (Wildman–Crippen MR) is 71.5 cm³/mol. The highest BCUT2D eigenvalue weighted by molar-refractivity contribution is 5.67. The molecular formula is C12H17FN6O2. The summed E-state index contributed by atoms with van der Waals surface area (Å²) >= 11 is 0. The van der Waals surface area contributed by atoms with E-state index in [1.807, 2.05) is 4.90 Å². The Morgan fingerprint density at radius 2 is 2.19 bits per heavy atom. The number of aliphatic carboxylic acids is 1. The molecule has 2 aliphatic heterocycles. The zero-order valence-corrected chi connectivity index (χ0v) is 11.3. The van der Waals surface area contributed by atoms with Gasteiger partial charge in [0, 0.05) is 25.7 Å². The standard InChI is InChI=1S/C12H17FN6O2/c13-8-2-14-12(15-3-8)19-5-7(1-11(20)21)9(6-19)10-4-16-18-17-10/h2-3,7,9-10,16-18H,1,4-6H2,(H,20,21)/t7-,9+,10?/m1/s1. The van der Waals surface area contributed by atoms with Gasteiger partial charge in [-0.2, -0.15) is 5.53 Å². The molecule has 8 nitrogen and oxygen atoms in total. The lowest BCUT2D eigenvalue weighted by Gasteiger charge is -2.22. The van der Waals surface area contributed by atoms with Gasteiger partial charge in [-0.05, 0) is 11.8 Å². The van der Waals surface area contributed by atoms with Crippen LogP contribution in [-0.2, 0) is 4.79 Å². The first-order valence-electron chi connectivity index (χ1n) is 6.81. The minimum absolute atomic E-state index is 0.00430. The molecule has 9 heteroatoms. The van der Waals surface area contributed by atoms with Gasteiger partial charge in [0.1, 0.15) is 0 Å². The molecule has 3 rings (SSSR count). The van der Waals surface area contributed by atoms with Crippen molar-refractivity contribution in [3.8, 4) is 0 Å². The van der Waals surface area contributed by atoms with Gasteiger partial charge >= 0.3 is 5.97 Å². The zero-order chi connectivity index (χ0) is 14.8. The molecule has 1 aromatic rings. The molecule has 1 aromatic heterocycles. The number of carbonyl (C=O) groups is 1. The Bertz CT molecular complexity index is 507. The Morgan fingerprint density at radius 3 is 2.81 bits per heavy atom. The van der Waals surface area contributed by atoms with Gasteiger partial charge < -0.3 is 10.0 Å². The van der Waals surface area contributed by atoms with E-state index >= 15 is 0 Å². The van der Waals surface area contributed by atoms with Crippen molar-refractivity contribution in [2.24, 2.45) is 11.8 Å². The fourth-order valence-electron chi connectivity index (χ4n) is 3.04. The molecule has 0 radical (unpaired) electrons. The van der Waals surface area contributed by atoms with E-state index in [4.69, 9.17) is 5.11 Å². The smallest absolute Gasteiger partial charge is 0.303 e. The molecule has 1 unspecified atom stereocenters. The third kappa shape index (κ3) is 3.09. The van der Waals surface area contributed by atoms with Crippen LogP contribution in [0.25, 0.3) is 0 Å². The highest BCUT2D eigenvalue weighted by Crippen LogP contribution is 2.31. The molecule has 4 N–H and O–H groups in total. The maximum Gasteiger partial charge on any atom is 0.303 e. The average molecular weight is 296 g/mol. The maximum atomic E-state index is 12.9. The summed E-state index contributed by atoms with van der Waals surface area (Å²) in [7, 11) is 0. The van der Waals surface area contributed by atoms with Gasteiger partial charge in [0.15, 0.2) is 5.82 Å². The van der Waals surface area contributed by atoms with Crippen molar-refractivity contribution in [1.29, 1.82) is 0 Å². The molecule has 2 saturated heterocycles. The van der Waals surface area contributed by atoms with Crippen LogP contribution >= 0.6 is 0 Å². The largest absolute Gasteiger partial charge is 0.481 e. The van der Waals surface area contributed by atoms with Crippen LogP contribution in [0.1, 0.15) is 6.42 Å². The monoisotopic (exact) mass is 296 g/mol. The minimum Gasteiger partial charge on any atom is -0.481 e. The first kappa shape index (κ1) is 14.1. The highest BCUT2D eigenvalue weighted by Gasteiger charge is 2.40. The van der Waals surface area contributed by atoms with E-state index in [0.717, 1.165) is 18.9 Å². The van der Waals surface area contributed by atoms with Crippen molar-refractivity contribution in [3.05, 3.63) is 18.2 Å². The van der Waals surface area contributed by atoms with Gasteiger partial charge in [-0.15, -0.1) is 0 Å². The van der Waals surface area contributed by atoms with Crippen LogP contribution in [-0.4, -0.2) is 46.7 Å². The number of hydrogen-bond acceptors (Lipinski definition) is 7. The number of anilines is 1. The first-order valence-corrected chi connectivity index (χ1v) is 6.81. The highest BCUT2D eigenvalue weighted by atomic mass is 19.1. The fourth-order valence-corrected chi connectivity index (χ4v) is 3.04. The molecule has 3 atom stereocenters. The van der Waals surface area contributed by atoms with Crippen LogP contribution in [0.4, 0.5) is 10.3 Å². The summed E-state index contributed by atoms with van der Waals surface area (Å²) in [6.07, 6.45) is 2.35. The van der Waals surface area contributed by atoms with Crippen molar-refractivity contribution < 1.29 is 14.3 Å². The quantitative estimate of drug-likeness (QED) is 0.568. The van der Waals surface area contributed by atoms with Crippen LogP contribution in [0.3, 0.4) is 0 Å². The molecule has 2 fully saturated rings. The lowest BCUT2D eigenvalue weighted by molar-refractivity contribution is -0.138. The van der Waals surface area contributed by atoms with Crippen molar-refractivity contribution >= 4 is 11.9 Å². The lowest BCUT2D eigenvalue weighted by atomic mass is 9.87. The van der Waals surface area contributed by atoms with E-state index in [-0.39, 0.29) is 24.3 Å². The van der Waals surface area contributed by atoms with Crippen LogP contribution in [0.2, 0.25) is 0 Å². The topological polar surface area (TPSA) is 102 Å². The summed E-state index contributed by atoms with van der Waals surface area (Å²) in [6, 6.07) is 0.139. The molecule has 2 aliphatic rings. The van der Waals surface area contributed by atoms with Gasteiger partial charge in [-0.25, -0.2) is 25.2 Å². The molecule has 0 aliphatic carbocycles. The third-order valence-corrected chi connectivity index (χ3v) is 4.00. The number of carboxylic acid groups (broad SMARTS) is 1. The average Bonchev–Trinajstić information content (AvgIpc) is 3.08. The molecule has 0 aromatic carbocycles. The number of carboxylic acids is 1. The molecule has 21 heavy (non-hydrogen) atoms. The Kier molecular flexibility index (Phi) is 3.95. The molecule has 0 spiro atoms. The molecular weight excluding hydrogens is 279 g/mol. The Balaban J connectivity index is 1.75. The molecule has 0 amide bonds. The van der Waals surface area contributed by atoms with E-state index in [1.165, 1.54) is 0 Å². The van der Waals surface area contributed by atoms with Crippen LogP contribution in [0, 0.1) is 17.7 Å². The Morgan fingerprint density at radius 1 is 1.43 bits per heavy atom. The number of rotatable bonds is 4. The number of aromatic nitrogens is 2. The number of halogens is 1. The van der Waals surface area contributed by atoms with E-state index in [0.29, 0.717) is 19.0 Å². The summed E-state index contributed by atoms with van der Waals surface area (Å²) in [5, 5.41) is 9.08. The summed E-state index contributed by atoms with van der Waals surface area (Å²) in [5.74, 6) is -0.714. The first-order chi connectivity index (χ1) is 10.1. The van der Waals surface area contributed by atoms with Crippen LogP contribution in [0.15, 0.2) is 12.4 Å². The van der Waals surface area contributed by atoms with Gasteiger partial charge in [-0.3, -0.25) is 4.79 Å². The Labute approximate surface area is 120 Å². The Hall–Kier alpha value is -1.84. The number of hydrazine groups is 2. The SMILES string of the molecule is O=C(O)C[C@@H]1CN(c2ncc(F)cn2)C[C@@H]1C1CNNN1. The second kappa shape index (κ2) is 5.88. The maximum absolute atomic E-state index is 12.9. The second-order valence-corrected chi connectivity index (χ2v) is 5.38. The van der Waals surface area contributed by atoms with Gasteiger partial charge in [-0.1, -0.05) is 0 Å². The summed E-state index contributed by atoms with van der Waals surface area (Å²) in [4.78, 5) is 20.9. The van der Waals surface area contributed by atoms with E-state index in [9.17, 15) is 9.18 Å². The number of hydrogen-bond donors (Lipinski definition) is 4. The molecule has 0 saturated carbocycles. The summed E-state index contributed by atoms with van der Waals surface area (Å²) < 4.78 is 12.9. The van der Waals surface area contributed by atoms with Crippen molar-refractivity contribution in [2.75, 3.05) is 24.5 Å². The summed E-state index contributed by atoms with van der Waals surface area (Å²) in [6.45, 7) is 1.92. The van der Waals surface area contributed by atoms with E-state index in [1.54, 1.807) is 0 Å². The fraction of sp³-hybridized carbons (Fsp3) is 0.583. The number of nitrogens with one attached hydrogen (secondary N) is 3. The van der Waals surface area contributed by atoms with Crippen molar-refractivity contribution in [2.45, 2.75) is 12.5 Å². The normalized spacial score (nSPS) is 29.0. The van der Waals surface area contributed by atoms with Crippen LogP contribution < -0.4 is 21.3 Å². The van der Waals surface area contributed by atoms with Crippen LogP contribution in [0.5, 0.6) is 0 Å². The van der Waals surface area contributed by atoms with Gasteiger partial charge in [0.2, 0.25) is 5.95 Å². The molecule has 0 bridgehead atoms. The lowest BCUT2D eigenvalue weighted by Crippen LogP contribution is -2.41. The van der Waals surface area contributed by atoms with E-state index < -0.39 is 11.8 Å². The van der Waals surface area contributed by atoms with Gasteiger partial charge in [0.05, 0.1) is 18.8 Å². The summed E-state index contributed by atoms with van der Waals surface area (Å²) in [5.41, 5.74) is 8.92. The predicted octanol–water partition coefficient (Wildman–Crippen LogP) is -0.876. The van der Waals surface area contributed by atoms with Gasteiger partial charge in [0.25, 0.3) is 0 Å². The minimum atomic E-state index is -0.814. The van der Waals surface area contributed by atoms with E-state index in [2.05, 4.69) is 26.4 Å². The zero-order valence-electron chi connectivity index (χ0n) is 11.3. The van der Waals surface area contributed by atoms with Crippen molar-refractivity contribution in [3.63, 3.8) is 0 Å². The molecule has 3 heterocycles.